The van der Waals surface area contributed by atoms with E-state index in [1.165, 1.54) is 4.88 Å². The Morgan fingerprint density at radius 2 is 2.06 bits per heavy atom. The van der Waals surface area contributed by atoms with Crippen molar-refractivity contribution in [1.29, 1.82) is 0 Å². The summed E-state index contributed by atoms with van der Waals surface area (Å²) < 4.78 is 0. The number of aromatic nitrogens is 1. The van der Waals surface area contributed by atoms with Crippen LogP contribution in [-0.4, -0.2) is 23.2 Å². The summed E-state index contributed by atoms with van der Waals surface area (Å²) >= 11 is 1.64. The van der Waals surface area contributed by atoms with E-state index in [9.17, 15) is 0 Å². The molecule has 1 N–H and O–H groups in total. The van der Waals surface area contributed by atoms with Gasteiger partial charge in [0.15, 0.2) is 0 Å². The van der Waals surface area contributed by atoms with E-state index in [1.54, 1.807) is 11.3 Å². The molecular formula is C12H14N2OS. The highest BCUT2D eigenvalue weighted by Crippen LogP contribution is 2.17. The van der Waals surface area contributed by atoms with Gasteiger partial charge < -0.3 is 10.0 Å². The zero-order valence-electron chi connectivity index (χ0n) is 8.91. The van der Waals surface area contributed by atoms with Crippen LogP contribution in [0.25, 0.3) is 0 Å². The Hall–Kier alpha value is -1.39. The summed E-state index contributed by atoms with van der Waals surface area (Å²) in [5.41, 5.74) is 2.96. The average Bonchev–Trinajstić information content (AvgIpc) is 2.83. The fourth-order valence-corrected chi connectivity index (χ4v) is 2.18. The van der Waals surface area contributed by atoms with Crippen LogP contribution in [0.5, 0.6) is 0 Å². The Morgan fingerprint density at radius 3 is 2.69 bits per heavy atom. The van der Waals surface area contributed by atoms with Gasteiger partial charge in [-0.3, -0.25) is 4.98 Å². The summed E-state index contributed by atoms with van der Waals surface area (Å²) in [6.07, 6.45) is 1.87. The first-order chi connectivity index (χ1) is 7.90. The van der Waals surface area contributed by atoms with E-state index in [1.807, 2.05) is 29.9 Å². The van der Waals surface area contributed by atoms with Crippen LogP contribution in [0, 0.1) is 0 Å². The van der Waals surface area contributed by atoms with Gasteiger partial charge in [0.25, 0.3) is 0 Å². The lowest BCUT2D eigenvalue weighted by molar-refractivity contribution is 0.301. The number of nitrogens with zero attached hydrogens (tertiary/aromatic N) is 2. The Balaban J connectivity index is 2.11. The maximum absolute atomic E-state index is 9.07. The monoisotopic (exact) mass is 234 g/mol. The molecule has 0 fully saturated rings. The van der Waals surface area contributed by atoms with Gasteiger partial charge in [-0.2, -0.15) is 0 Å². The zero-order valence-corrected chi connectivity index (χ0v) is 9.73. The van der Waals surface area contributed by atoms with Crippen LogP contribution in [0.15, 0.2) is 42.0 Å². The van der Waals surface area contributed by atoms with Crippen LogP contribution in [-0.2, 0) is 6.54 Å². The molecule has 0 spiro atoms. The molecule has 16 heavy (non-hydrogen) atoms. The summed E-state index contributed by atoms with van der Waals surface area (Å²) in [5, 5.41) is 9.07. The van der Waals surface area contributed by atoms with Gasteiger partial charge in [-0.05, 0) is 12.1 Å². The molecule has 84 valence electrons. The quantitative estimate of drug-likeness (QED) is 0.861. The zero-order chi connectivity index (χ0) is 11.2. The molecular weight excluding hydrogens is 220 g/mol. The number of hydrogen-bond donors (Lipinski definition) is 1. The molecule has 0 unspecified atom stereocenters. The summed E-state index contributed by atoms with van der Waals surface area (Å²) in [5.74, 6) is 0. The summed E-state index contributed by atoms with van der Waals surface area (Å²) in [6, 6.07) is 10.1. The second kappa shape index (κ2) is 5.63. The number of thiazole rings is 1. The molecule has 2 rings (SSSR count). The minimum absolute atomic E-state index is 0.160. The highest BCUT2D eigenvalue weighted by Gasteiger charge is 2.06. The highest BCUT2D eigenvalue weighted by atomic mass is 32.1. The second-order valence-corrected chi connectivity index (χ2v) is 4.42. The van der Waals surface area contributed by atoms with Crippen LogP contribution >= 0.6 is 11.3 Å². The predicted octanol–water partition coefficient (Wildman–Crippen LogP) is 2.14. The molecule has 0 bridgehead atoms. The molecule has 0 saturated heterocycles. The SMILES string of the molecule is OCCN(Cc1cncs1)c1ccccc1. The van der Waals surface area contributed by atoms with Crippen molar-refractivity contribution in [2.75, 3.05) is 18.1 Å². The maximum Gasteiger partial charge on any atom is 0.0794 e. The Labute approximate surface area is 99.0 Å². The van der Waals surface area contributed by atoms with Crippen molar-refractivity contribution in [3.05, 3.63) is 46.9 Å². The van der Waals surface area contributed by atoms with E-state index in [2.05, 4.69) is 22.0 Å². The third kappa shape index (κ3) is 2.81. The van der Waals surface area contributed by atoms with E-state index in [4.69, 9.17) is 5.11 Å². The Morgan fingerprint density at radius 1 is 1.25 bits per heavy atom. The smallest absolute Gasteiger partial charge is 0.0794 e. The molecule has 3 nitrogen and oxygen atoms in total. The number of aliphatic hydroxyl groups is 1. The highest BCUT2D eigenvalue weighted by molar-refractivity contribution is 7.09. The molecule has 0 saturated carbocycles. The lowest BCUT2D eigenvalue weighted by atomic mass is 10.3. The van der Waals surface area contributed by atoms with E-state index in [0.29, 0.717) is 6.54 Å². The Kier molecular flexibility index (Phi) is 3.91. The van der Waals surface area contributed by atoms with E-state index in [-0.39, 0.29) is 6.61 Å². The molecule has 0 atom stereocenters. The molecule has 0 aliphatic heterocycles. The molecule has 0 aliphatic carbocycles. The third-order valence-corrected chi connectivity index (χ3v) is 3.09. The standard InChI is InChI=1S/C12H14N2OS/c15-7-6-14(9-12-8-13-10-16-12)11-4-2-1-3-5-11/h1-5,8,10,15H,6-7,9H2. The van der Waals surface area contributed by atoms with Crippen LogP contribution in [0.3, 0.4) is 0 Å². The van der Waals surface area contributed by atoms with Crippen molar-refractivity contribution in [2.24, 2.45) is 0 Å². The van der Waals surface area contributed by atoms with Gasteiger partial charge in [-0.25, -0.2) is 0 Å². The first-order valence-corrected chi connectivity index (χ1v) is 6.06. The van der Waals surface area contributed by atoms with E-state index in [0.717, 1.165) is 12.2 Å². The van der Waals surface area contributed by atoms with E-state index < -0.39 is 0 Å². The van der Waals surface area contributed by atoms with Crippen LogP contribution in [0.4, 0.5) is 5.69 Å². The molecule has 0 aliphatic rings. The van der Waals surface area contributed by atoms with Gasteiger partial charge in [-0.15, -0.1) is 11.3 Å². The number of hydrogen-bond acceptors (Lipinski definition) is 4. The first kappa shape index (κ1) is 11.1. The average molecular weight is 234 g/mol. The van der Waals surface area contributed by atoms with Crippen LogP contribution < -0.4 is 4.90 Å². The summed E-state index contributed by atoms with van der Waals surface area (Å²) in [4.78, 5) is 7.41. The van der Waals surface area contributed by atoms with Crippen molar-refractivity contribution < 1.29 is 5.11 Å². The van der Waals surface area contributed by atoms with Gasteiger partial charge >= 0.3 is 0 Å². The van der Waals surface area contributed by atoms with Crippen molar-refractivity contribution in [2.45, 2.75) is 6.54 Å². The predicted molar refractivity (Wildman–Crippen MR) is 66.7 cm³/mol. The number of rotatable bonds is 5. The fraction of sp³-hybridized carbons (Fsp3) is 0.250. The maximum atomic E-state index is 9.07. The molecule has 0 amide bonds. The van der Waals surface area contributed by atoms with Gasteiger partial charge in [0.05, 0.1) is 18.7 Å². The minimum atomic E-state index is 0.160. The molecule has 2 aromatic rings. The number of para-hydroxylation sites is 1. The van der Waals surface area contributed by atoms with Crippen LogP contribution in [0.1, 0.15) is 4.88 Å². The molecule has 1 aromatic carbocycles. The number of benzene rings is 1. The van der Waals surface area contributed by atoms with E-state index >= 15 is 0 Å². The largest absolute Gasteiger partial charge is 0.395 e. The van der Waals surface area contributed by atoms with Crippen molar-refractivity contribution >= 4 is 17.0 Å². The van der Waals surface area contributed by atoms with Gasteiger partial charge in [0.2, 0.25) is 0 Å². The molecule has 4 heteroatoms. The van der Waals surface area contributed by atoms with Gasteiger partial charge in [-0.1, -0.05) is 18.2 Å². The van der Waals surface area contributed by atoms with Crippen molar-refractivity contribution in [3.63, 3.8) is 0 Å². The summed E-state index contributed by atoms with van der Waals surface area (Å²) in [6.45, 7) is 1.60. The Bertz CT molecular complexity index is 402. The molecule has 1 heterocycles. The lowest BCUT2D eigenvalue weighted by Crippen LogP contribution is -2.25. The topological polar surface area (TPSA) is 36.4 Å². The van der Waals surface area contributed by atoms with Gasteiger partial charge in [0.1, 0.15) is 0 Å². The fourth-order valence-electron chi connectivity index (χ4n) is 1.57. The minimum Gasteiger partial charge on any atom is -0.395 e. The third-order valence-electron chi connectivity index (χ3n) is 2.32. The number of anilines is 1. The van der Waals surface area contributed by atoms with Crippen molar-refractivity contribution in [3.8, 4) is 0 Å². The normalized spacial score (nSPS) is 10.3. The number of aliphatic hydroxyl groups excluding tert-OH is 1. The lowest BCUT2D eigenvalue weighted by Gasteiger charge is -2.22. The molecule has 0 radical (unpaired) electrons. The van der Waals surface area contributed by atoms with Crippen LogP contribution in [0.2, 0.25) is 0 Å². The van der Waals surface area contributed by atoms with Crippen molar-refractivity contribution in [1.82, 2.24) is 4.98 Å². The summed E-state index contributed by atoms with van der Waals surface area (Å²) in [7, 11) is 0. The van der Waals surface area contributed by atoms with Gasteiger partial charge in [0, 0.05) is 23.3 Å². The second-order valence-electron chi connectivity index (χ2n) is 3.45. The molecule has 1 aromatic heterocycles. The first-order valence-electron chi connectivity index (χ1n) is 5.18.